The molecular formula is C17H15BrClNO2. The fourth-order valence-corrected chi connectivity index (χ4v) is 2.68. The third-order valence-corrected chi connectivity index (χ3v) is 4.34. The van der Waals surface area contributed by atoms with E-state index < -0.39 is 5.97 Å². The number of methoxy groups -OCH3 is 1. The summed E-state index contributed by atoms with van der Waals surface area (Å²) < 4.78 is 5.35. The summed E-state index contributed by atoms with van der Waals surface area (Å²) in [5.41, 5.74) is 3.14. The van der Waals surface area contributed by atoms with Gasteiger partial charge in [-0.15, -0.1) is 0 Å². The van der Waals surface area contributed by atoms with Gasteiger partial charge in [0.15, 0.2) is 0 Å². The van der Waals surface area contributed by atoms with Crippen molar-refractivity contribution in [2.75, 3.05) is 7.11 Å². The summed E-state index contributed by atoms with van der Waals surface area (Å²) in [6, 6.07) is 7.62. The minimum Gasteiger partial charge on any atom is -0.465 e. The van der Waals surface area contributed by atoms with Crippen LogP contribution in [0.3, 0.4) is 0 Å². The predicted octanol–water partition coefficient (Wildman–Crippen LogP) is 4.87. The van der Waals surface area contributed by atoms with Crippen LogP contribution in [0.4, 0.5) is 0 Å². The van der Waals surface area contributed by atoms with Crippen molar-refractivity contribution in [1.29, 1.82) is 0 Å². The van der Waals surface area contributed by atoms with Gasteiger partial charge in [0.1, 0.15) is 0 Å². The van der Waals surface area contributed by atoms with Crippen molar-refractivity contribution in [3.63, 3.8) is 0 Å². The Kier molecular flexibility index (Phi) is 5.27. The number of rotatable bonds is 3. The number of nitrogens with zero attached hydrogens (tertiary/aromatic N) is 1. The number of hydrogen-bond acceptors (Lipinski definition) is 3. The molecule has 3 nitrogen and oxygen atoms in total. The van der Waals surface area contributed by atoms with Crippen molar-refractivity contribution >= 4 is 39.1 Å². The highest BCUT2D eigenvalue weighted by atomic mass is 79.9. The molecule has 1 heterocycles. The molecular weight excluding hydrogens is 366 g/mol. The Bertz CT molecular complexity index is 719. The van der Waals surface area contributed by atoms with Crippen LogP contribution < -0.4 is 0 Å². The van der Waals surface area contributed by atoms with Crippen molar-refractivity contribution in [3.05, 3.63) is 75.7 Å². The first-order valence-corrected chi connectivity index (χ1v) is 7.69. The Balaban J connectivity index is 2.28. The van der Waals surface area contributed by atoms with Crippen molar-refractivity contribution in [2.24, 2.45) is 0 Å². The first-order chi connectivity index (χ1) is 10.4. The Morgan fingerprint density at radius 3 is 2.82 bits per heavy atom. The van der Waals surface area contributed by atoms with Crippen LogP contribution in [0.5, 0.6) is 0 Å². The summed E-state index contributed by atoms with van der Waals surface area (Å²) >= 11 is 9.41. The van der Waals surface area contributed by atoms with E-state index in [0.29, 0.717) is 20.8 Å². The lowest BCUT2D eigenvalue weighted by atomic mass is 10.1. The van der Waals surface area contributed by atoms with E-state index >= 15 is 0 Å². The summed E-state index contributed by atoms with van der Waals surface area (Å²) in [5, 5.41) is 0.687. The van der Waals surface area contributed by atoms with E-state index in [1.807, 2.05) is 42.3 Å². The fourth-order valence-electron chi connectivity index (χ4n) is 1.99. The van der Waals surface area contributed by atoms with Gasteiger partial charge >= 0.3 is 5.97 Å². The molecule has 1 aromatic carbocycles. The Morgan fingerprint density at radius 2 is 2.18 bits per heavy atom. The highest BCUT2D eigenvalue weighted by Gasteiger charge is 2.20. The molecule has 0 aromatic heterocycles. The molecule has 0 radical (unpaired) electrons. The number of carbonyl (C=O) groups excluding carboxylic acids is 1. The van der Waals surface area contributed by atoms with Gasteiger partial charge in [-0.3, -0.25) is 0 Å². The second kappa shape index (κ2) is 6.99. The second-order valence-corrected chi connectivity index (χ2v) is 5.94. The van der Waals surface area contributed by atoms with E-state index in [2.05, 4.69) is 22.5 Å². The number of esters is 1. The first-order valence-electron chi connectivity index (χ1n) is 6.52. The van der Waals surface area contributed by atoms with Crippen LogP contribution in [-0.2, 0) is 9.53 Å². The molecule has 0 unspecified atom stereocenters. The van der Waals surface area contributed by atoms with E-state index in [1.54, 1.807) is 12.3 Å². The molecule has 0 spiro atoms. The number of allylic oxidation sites excluding steroid dienone is 2. The number of hydrogen-bond donors (Lipinski definition) is 0. The van der Waals surface area contributed by atoms with Gasteiger partial charge in [0.25, 0.3) is 0 Å². The molecule has 0 atom stereocenters. The molecule has 22 heavy (non-hydrogen) atoms. The Hall–Kier alpha value is -1.78. The number of ether oxygens (including phenoxy) is 1. The highest BCUT2D eigenvalue weighted by Crippen LogP contribution is 2.31. The van der Waals surface area contributed by atoms with Crippen LogP contribution in [0.2, 0.25) is 5.02 Å². The number of carbonyl (C=O) groups is 1. The van der Waals surface area contributed by atoms with Gasteiger partial charge in [-0.1, -0.05) is 30.3 Å². The number of halogens is 2. The van der Waals surface area contributed by atoms with Crippen LogP contribution >= 0.6 is 27.5 Å². The van der Waals surface area contributed by atoms with Crippen LogP contribution in [0, 0.1) is 0 Å². The maximum Gasteiger partial charge on any atom is 0.339 e. The third-order valence-electron chi connectivity index (χ3n) is 3.22. The van der Waals surface area contributed by atoms with Crippen molar-refractivity contribution < 1.29 is 9.53 Å². The molecule has 0 bridgehead atoms. The van der Waals surface area contributed by atoms with Gasteiger partial charge in [0, 0.05) is 17.4 Å². The first kappa shape index (κ1) is 16.6. The molecule has 114 valence electrons. The monoisotopic (exact) mass is 379 g/mol. The van der Waals surface area contributed by atoms with Gasteiger partial charge in [-0.25, -0.2) is 4.79 Å². The lowest BCUT2D eigenvalue weighted by Gasteiger charge is -2.24. The molecule has 0 amide bonds. The van der Waals surface area contributed by atoms with Gasteiger partial charge in [0.05, 0.1) is 22.9 Å². The van der Waals surface area contributed by atoms with E-state index in [-0.39, 0.29) is 0 Å². The zero-order valence-electron chi connectivity index (χ0n) is 12.3. The zero-order valence-corrected chi connectivity index (χ0v) is 14.6. The molecule has 0 saturated carbocycles. The average Bonchev–Trinajstić information content (AvgIpc) is 2.51. The van der Waals surface area contributed by atoms with Crippen molar-refractivity contribution in [3.8, 4) is 0 Å². The molecule has 1 aliphatic rings. The van der Waals surface area contributed by atoms with Crippen LogP contribution in [0.25, 0.3) is 5.57 Å². The summed E-state index contributed by atoms with van der Waals surface area (Å²) in [6.45, 7) is 5.99. The van der Waals surface area contributed by atoms with Gasteiger partial charge in [-0.05, 0) is 52.2 Å². The maximum absolute atomic E-state index is 11.7. The van der Waals surface area contributed by atoms with Crippen LogP contribution in [0.1, 0.15) is 12.5 Å². The molecule has 1 aliphatic heterocycles. The minimum atomic E-state index is -0.403. The summed E-state index contributed by atoms with van der Waals surface area (Å²) in [4.78, 5) is 13.5. The second-order valence-electron chi connectivity index (χ2n) is 4.71. The van der Waals surface area contributed by atoms with Crippen LogP contribution in [-0.4, -0.2) is 18.0 Å². The summed E-state index contributed by atoms with van der Waals surface area (Å²) in [5.74, 6) is -0.403. The number of benzene rings is 1. The largest absolute Gasteiger partial charge is 0.465 e. The van der Waals surface area contributed by atoms with Crippen molar-refractivity contribution in [1.82, 2.24) is 4.90 Å². The minimum absolute atomic E-state index is 0.403. The van der Waals surface area contributed by atoms with Gasteiger partial charge in [-0.2, -0.15) is 0 Å². The molecule has 0 N–H and O–H groups in total. The average molecular weight is 381 g/mol. The smallest absolute Gasteiger partial charge is 0.339 e. The van der Waals surface area contributed by atoms with E-state index in [4.69, 9.17) is 16.3 Å². The molecule has 0 saturated heterocycles. The Morgan fingerprint density at radius 1 is 1.45 bits per heavy atom. The SMILES string of the molecule is C=C1C(Br)=C(C(=O)OC)C=CN1/C=C(\C)c1cccc(Cl)c1. The fraction of sp³-hybridized carbons (Fsp3) is 0.118. The molecule has 5 heteroatoms. The lowest BCUT2D eigenvalue weighted by molar-refractivity contribution is -0.135. The topological polar surface area (TPSA) is 29.5 Å². The molecule has 0 fully saturated rings. The molecule has 1 aromatic rings. The van der Waals surface area contributed by atoms with Gasteiger partial charge in [0.2, 0.25) is 0 Å². The standard InChI is InChI=1S/C17H15BrClNO2/c1-11(13-5-4-6-14(19)9-13)10-20-8-7-15(17(21)22-3)16(18)12(20)2/h4-10H,2H2,1,3H3/b11-10+. The summed E-state index contributed by atoms with van der Waals surface area (Å²) in [7, 11) is 1.35. The predicted molar refractivity (Wildman–Crippen MR) is 93.2 cm³/mol. The third kappa shape index (κ3) is 3.51. The molecule has 2 rings (SSSR count). The van der Waals surface area contributed by atoms with E-state index in [0.717, 1.165) is 11.1 Å². The van der Waals surface area contributed by atoms with Crippen LogP contribution in [0.15, 0.2) is 65.1 Å². The highest BCUT2D eigenvalue weighted by molar-refractivity contribution is 9.12. The normalized spacial score (nSPS) is 15.4. The zero-order chi connectivity index (χ0) is 16.3. The molecule has 0 aliphatic carbocycles. The maximum atomic E-state index is 11.7. The lowest BCUT2D eigenvalue weighted by Crippen LogP contribution is -2.17. The van der Waals surface area contributed by atoms with E-state index in [1.165, 1.54) is 7.11 Å². The summed E-state index contributed by atoms with van der Waals surface area (Å²) in [6.07, 6.45) is 5.39. The van der Waals surface area contributed by atoms with Crippen molar-refractivity contribution in [2.45, 2.75) is 6.92 Å². The quantitative estimate of drug-likeness (QED) is 0.701. The van der Waals surface area contributed by atoms with E-state index in [9.17, 15) is 4.79 Å². The Labute approximate surface area is 143 Å². The van der Waals surface area contributed by atoms with Gasteiger partial charge < -0.3 is 9.64 Å².